The monoisotopic (exact) mass is 353 g/mol. The minimum atomic E-state index is -0.810. The van der Waals surface area contributed by atoms with Gasteiger partial charge < -0.3 is 19.2 Å². The Morgan fingerprint density at radius 3 is 2.48 bits per heavy atom. The van der Waals surface area contributed by atoms with Gasteiger partial charge in [-0.25, -0.2) is 4.79 Å². The van der Waals surface area contributed by atoms with Crippen molar-refractivity contribution in [3.8, 4) is 0 Å². The molecular formula is C17H27N3O5. The second kappa shape index (κ2) is 7.95. The molecule has 8 nitrogen and oxygen atoms in total. The number of carbonyl (C=O) groups is 2. The third-order valence-corrected chi connectivity index (χ3v) is 3.79. The highest BCUT2D eigenvalue weighted by molar-refractivity contribution is 5.97. The molecule has 1 aliphatic rings. The number of hydrogen-bond acceptors (Lipinski definition) is 7. The summed E-state index contributed by atoms with van der Waals surface area (Å²) in [5.41, 5.74) is -0.648. The Bertz CT molecular complexity index is 602. The van der Waals surface area contributed by atoms with E-state index in [1.165, 1.54) is 6.42 Å². The molecule has 1 amide bonds. The molecule has 2 rings (SSSR count). The lowest BCUT2D eigenvalue weighted by atomic mass is 9.96. The summed E-state index contributed by atoms with van der Waals surface area (Å²) in [5, 5.41) is 10.2. The number of Topliss-reactive ketones (excluding diaryl/α,β-unsaturated/α-hetero) is 1. The second-order valence-electron chi connectivity index (χ2n) is 7.60. The van der Waals surface area contributed by atoms with Crippen molar-refractivity contribution in [2.24, 2.45) is 5.92 Å². The van der Waals surface area contributed by atoms with Crippen LogP contribution in [0.2, 0.25) is 0 Å². The molecule has 1 saturated carbocycles. The van der Waals surface area contributed by atoms with Crippen molar-refractivity contribution in [3.05, 3.63) is 11.8 Å². The third kappa shape index (κ3) is 5.81. The molecule has 0 bridgehead atoms. The van der Waals surface area contributed by atoms with Crippen molar-refractivity contribution in [1.29, 1.82) is 0 Å². The van der Waals surface area contributed by atoms with Crippen molar-refractivity contribution in [2.45, 2.75) is 78.2 Å². The Morgan fingerprint density at radius 2 is 1.96 bits per heavy atom. The number of amides is 1. The molecule has 0 aliphatic heterocycles. The Balaban J connectivity index is 1.96. The zero-order valence-corrected chi connectivity index (χ0v) is 15.5. The smallest absolute Gasteiger partial charge is 0.408 e. The van der Waals surface area contributed by atoms with Gasteiger partial charge in [0.15, 0.2) is 0 Å². The Hall–Kier alpha value is -1.96. The van der Waals surface area contributed by atoms with Crippen LogP contribution in [0, 0.1) is 5.92 Å². The zero-order valence-electron chi connectivity index (χ0n) is 15.5. The van der Waals surface area contributed by atoms with Gasteiger partial charge in [-0.1, -0.05) is 13.8 Å². The Kier molecular flexibility index (Phi) is 6.16. The number of nitrogens with zero attached hydrogens (tertiary/aromatic N) is 2. The van der Waals surface area contributed by atoms with Gasteiger partial charge in [0.25, 0.3) is 5.89 Å². The van der Waals surface area contributed by atoms with Gasteiger partial charge in [0.2, 0.25) is 11.7 Å². The van der Waals surface area contributed by atoms with Crippen molar-refractivity contribution in [3.63, 3.8) is 0 Å². The van der Waals surface area contributed by atoms with E-state index in [2.05, 4.69) is 15.5 Å². The third-order valence-electron chi connectivity index (χ3n) is 3.79. The average molecular weight is 353 g/mol. The molecule has 8 heteroatoms. The quantitative estimate of drug-likeness (QED) is 0.752. The molecule has 1 aromatic heterocycles. The summed E-state index contributed by atoms with van der Waals surface area (Å²) in [5.74, 6) is -0.484. The highest BCUT2D eigenvalue weighted by Gasteiger charge is 2.31. The van der Waals surface area contributed by atoms with E-state index in [4.69, 9.17) is 13.9 Å². The fourth-order valence-corrected chi connectivity index (χ4v) is 2.24. The van der Waals surface area contributed by atoms with E-state index in [-0.39, 0.29) is 30.4 Å². The normalized spacial score (nSPS) is 16.4. The number of ketones is 1. The molecule has 0 saturated heterocycles. The van der Waals surface area contributed by atoms with Crippen molar-refractivity contribution < 1.29 is 23.5 Å². The predicted molar refractivity (Wildman–Crippen MR) is 89.1 cm³/mol. The number of nitrogens with one attached hydrogen (secondary N) is 1. The van der Waals surface area contributed by atoms with Gasteiger partial charge in [0.05, 0.1) is 6.10 Å². The van der Waals surface area contributed by atoms with Crippen LogP contribution in [0.1, 0.15) is 70.5 Å². The molecule has 1 unspecified atom stereocenters. The first-order valence-electron chi connectivity index (χ1n) is 8.63. The van der Waals surface area contributed by atoms with E-state index < -0.39 is 23.5 Å². The maximum absolute atomic E-state index is 12.6. The highest BCUT2D eigenvalue weighted by Crippen LogP contribution is 2.23. The summed E-state index contributed by atoms with van der Waals surface area (Å²) in [6.45, 7) is 9.09. The number of ether oxygens (including phenoxy) is 2. The van der Waals surface area contributed by atoms with Crippen LogP contribution in [0.25, 0.3) is 0 Å². The Morgan fingerprint density at radius 1 is 1.28 bits per heavy atom. The topological polar surface area (TPSA) is 104 Å². The van der Waals surface area contributed by atoms with Crippen LogP contribution in [0.4, 0.5) is 4.79 Å². The van der Waals surface area contributed by atoms with E-state index in [1.54, 1.807) is 20.8 Å². The fourth-order valence-electron chi connectivity index (χ4n) is 2.24. The van der Waals surface area contributed by atoms with Gasteiger partial charge in [-0.15, -0.1) is 10.2 Å². The van der Waals surface area contributed by atoms with E-state index in [0.29, 0.717) is 0 Å². The van der Waals surface area contributed by atoms with Gasteiger partial charge in [-0.05, 0) is 46.0 Å². The molecule has 1 atom stereocenters. The lowest BCUT2D eigenvalue weighted by Crippen LogP contribution is -2.46. The maximum atomic E-state index is 12.6. The number of hydrogen-bond donors (Lipinski definition) is 1. The number of aromatic nitrogens is 2. The lowest BCUT2D eigenvalue weighted by molar-refractivity contribution is -0.0178. The first kappa shape index (κ1) is 19.4. The van der Waals surface area contributed by atoms with Gasteiger partial charge in [-0.2, -0.15) is 0 Å². The van der Waals surface area contributed by atoms with Crippen LogP contribution < -0.4 is 5.32 Å². The summed E-state index contributed by atoms with van der Waals surface area (Å²) < 4.78 is 16.2. The van der Waals surface area contributed by atoms with Crippen molar-refractivity contribution in [2.75, 3.05) is 0 Å². The summed E-state index contributed by atoms with van der Waals surface area (Å²) in [7, 11) is 0. The van der Waals surface area contributed by atoms with E-state index >= 15 is 0 Å². The molecule has 25 heavy (non-hydrogen) atoms. The molecule has 140 valence electrons. The summed E-state index contributed by atoms with van der Waals surface area (Å²) in [6.07, 6.45) is 2.82. The van der Waals surface area contributed by atoms with Crippen molar-refractivity contribution >= 4 is 11.9 Å². The maximum Gasteiger partial charge on any atom is 0.408 e. The second-order valence-corrected chi connectivity index (χ2v) is 7.60. The molecule has 0 aromatic carbocycles. The fraction of sp³-hybridized carbons (Fsp3) is 0.765. The number of carbonyl (C=O) groups excluding carboxylic acids is 2. The highest BCUT2D eigenvalue weighted by atomic mass is 16.6. The van der Waals surface area contributed by atoms with E-state index in [0.717, 1.165) is 12.8 Å². The van der Waals surface area contributed by atoms with Crippen LogP contribution in [0.15, 0.2) is 4.42 Å². The molecule has 1 N–H and O–H groups in total. The van der Waals surface area contributed by atoms with Crippen LogP contribution in [-0.2, 0) is 16.1 Å². The average Bonchev–Trinajstić information content (AvgIpc) is 2.89. The SMILES string of the molecule is CC(C)C(NC(=O)OC(C)(C)C)C(=O)c1nnc(COC2CCC2)o1. The van der Waals surface area contributed by atoms with Crippen LogP contribution in [-0.4, -0.2) is 39.8 Å². The lowest BCUT2D eigenvalue weighted by Gasteiger charge is -2.24. The Labute approximate surface area is 147 Å². The molecule has 1 fully saturated rings. The minimum Gasteiger partial charge on any atom is -0.444 e. The summed E-state index contributed by atoms with van der Waals surface area (Å²) in [4.78, 5) is 24.6. The van der Waals surface area contributed by atoms with Gasteiger partial charge >= 0.3 is 6.09 Å². The first-order chi connectivity index (χ1) is 11.7. The number of rotatable bonds is 7. The molecule has 1 aliphatic carbocycles. The molecule has 0 spiro atoms. The van der Waals surface area contributed by atoms with Crippen LogP contribution in [0.3, 0.4) is 0 Å². The zero-order chi connectivity index (χ0) is 18.6. The summed E-state index contributed by atoms with van der Waals surface area (Å²) >= 11 is 0. The van der Waals surface area contributed by atoms with Crippen molar-refractivity contribution in [1.82, 2.24) is 15.5 Å². The molecule has 1 aromatic rings. The van der Waals surface area contributed by atoms with Crippen LogP contribution >= 0.6 is 0 Å². The van der Waals surface area contributed by atoms with E-state index in [1.807, 2.05) is 13.8 Å². The standard InChI is InChI=1S/C17H27N3O5/c1-10(2)13(18-16(22)25-17(3,4)5)14(21)15-20-19-12(24-15)9-23-11-7-6-8-11/h10-11,13H,6-9H2,1-5H3,(H,18,22). The van der Waals surface area contributed by atoms with Gasteiger partial charge in [-0.3, -0.25) is 4.79 Å². The van der Waals surface area contributed by atoms with Gasteiger partial charge in [0, 0.05) is 0 Å². The largest absolute Gasteiger partial charge is 0.444 e. The molecule has 0 radical (unpaired) electrons. The minimum absolute atomic E-state index is 0.137. The molecular weight excluding hydrogens is 326 g/mol. The predicted octanol–water partition coefficient (Wildman–Crippen LogP) is 2.87. The summed E-state index contributed by atoms with van der Waals surface area (Å²) in [6, 6.07) is -0.810. The first-order valence-corrected chi connectivity index (χ1v) is 8.63. The number of alkyl carbamates (subject to hydrolysis) is 1. The van der Waals surface area contributed by atoms with Gasteiger partial charge in [0.1, 0.15) is 18.2 Å². The van der Waals surface area contributed by atoms with Crippen LogP contribution in [0.5, 0.6) is 0 Å². The van der Waals surface area contributed by atoms with E-state index in [9.17, 15) is 9.59 Å². The molecule has 1 heterocycles.